The fraction of sp³-hybridized carbons (Fsp3) is 0.385. The van der Waals surface area contributed by atoms with Gasteiger partial charge in [-0.15, -0.1) is 0 Å². The monoisotopic (exact) mass is 245 g/mol. The van der Waals surface area contributed by atoms with Crippen LogP contribution in [0, 0.1) is 17.2 Å². The summed E-state index contributed by atoms with van der Waals surface area (Å²) in [6.07, 6.45) is 0.443. The number of nitrogens with zero attached hydrogens (tertiary/aromatic N) is 2. The first-order valence-corrected chi connectivity index (χ1v) is 5.78. The van der Waals surface area contributed by atoms with E-state index in [0.717, 1.165) is 0 Å². The van der Waals surface area contributed by atoms with E-state index in [1.54, 1.807) is 30.2 Å². The summed E-state index contributed by atoms with van der Waals surface area (Å²) in [5.74, 6) is 0.804. The van der Waals surface area contributed by atoms with Crippen LogP contribution in [0.1, 0.15) is 12.0 Å². The third kappa shape index (κ3) is 2.15. The van der Waals surface area contributed by atoms with Gasteiger partial charge in [0.2, 0.25) is 5.91 Å². The van der Waals surface area contributed by atoms with Gasteiger partial charge in [-0.05, 0) is 24.6 Å². The van der Waals surface area contributed by atoms with Crippen LogP contribution in [0.3, 0.4) is 0 Å². The standard InChI is InChI=1S/C13H15N3O2/c1-18-11-3-2-10(7-15)12(5-11)16-8-9(6-14)4-13(16)17/h2-3,5,9H,4,6,8,14H2,1H3. The second kappa shape index (κ2) is 5.07. The lowest BCUT2D eigenvalue weighted by atomic mass is 10.1. The first kappa shape index (κ1) is 12.4. The lowest BCUT2D eigenvalue weighted by Gasteiger charge is -2.18. The Bertz CT molecular complexity index is 507. The Morgan fingerprint density at radius 3 is 2.94 bits per heavy atom. The smallest absolute Gasteiger partial charge is 0.227 e. The van der Waals surface area contributed by atoms with E-state index in [1.165, 1.54) is 0 Å². The molecule has 0 saturated carbocycles. The Kier molecular flexibility index (Phi) is 3.49. The van der Waals surface area contributed by atoms with Crippen LogP contribution in [0.25, 0.3) is 0 Å². The molecule has 0 bridgehead atoms. The molecule has 5 nitrogen and oxygen atoms in total. The molecule has 5 heteroatoms. The van der Waals surface area contributed by atoms with E-state index in [-0.39, 0.29) is 11.8 Å². The van der Waals surface area contributed by atoms with Crippen LogP contribution >= 0.6 is 0 Å². The summed E-state index contributed by atoms with van der Waals surface area (Å²) in [6.45, 7) is 1.05. The number of hydrogen-bond donors (Lipinski definition) is 1. The lowest BCUT2D eigenvalue weighted by Crippen LogP contribution is -2.26. The third-order valence-electron chi connectivity index (χ3n) is 3.15. The van der Waals surface area contributed by atoms with Gasteiger partial charge in [0.25, 0.3) is 0 Å². The number of benzene rings is 1. The van der Waals surface area contributed by atoms with Crippen molar-refractivity contribution < 1.29 is 9.53 Å². The highest BCUT2D eigenvalue weighted by Crippen LogP contribution is 2.30. The van der Waals surface area contributed by atoms with Gasteiger partial charge in [-0.3, -0.25) is 4.79 Å². The largest absolute Gasteiger partial charge is 0.497 e. The number of nitriles is 1. The van der Waals surface area contributed by atoms with E-state index in [1.807, 2.05) is 0 Å². The molecule has 1 aliphatic heterocycles. The highest BCUT2D eigenvalue weighted by molar-refractivity contribution is 5.97. The molecule has 18 heavy (non-hydrogen) atoms. The van der Waals surface area contributed by atoms with Crippen molar-refractivity contribution in [2.75, 3.05) is 25.1 Å². The van der Waals surface area contributed by atoms with Gasteiger partial charge in [0, 0.05) is 19.0 Å². The lowest BCUT2D eigenvalue weighted by molar-refractivity contribution is -0.117. The van der Waals surface area contributed by atoms with Crippen LogP contribution in [0.4, 0.5) is 5.69 Å². The summed E-state index contributed by atoms with van der Waals surface area (Å²) >= 11 is 0. The first-order chi connectivity index (χ1) is 8.69. The second-order valence-corrected chi connectivity index (χ2v) is 4.31. The maximum absolute atomic E-state index is 11.9. The van der Waals surface area contributed by atoms with Gasteiger partial charge in [-0.25, -0.2) is 0 Å². The number of carbonyl (C=O) groups is 1. The quantitative estimate of drug-likeness (QED) is 0.857. The average molecular weight is 245 g/mol. The van der Waals surface area contributed by atoms with Gasteiger partial charge in [0.05, 0.1) is 18.4 Å². The van der Waals surface area contributed by atoms with Crippen molar-refractivity contribution in [1.29, 1.82) is 5.26 Å². The van der Waals surface area contributed by atoms with Crippen molar-refractivity contribution in [1.82, 2.24) is 0 Å². The van der Waals surface area contributed by atoms with E-state index in [4.69, 9.17) is 15.7 Å². The Hall–Kier alpha value is -2.06. The van der Waals surface area contributed by atoms with Gasteiger partial charge in [-0.1, -0.05) is 0 Å². The highest BCUT2D eigenvalue weighted by Gasteiger charge is 2.31. The molecule has 2 N–H and O–H groups in total. The van der Waals surface area contributed by atoms with Gasteiger partial charge >= 0.3 is 0 Å². The fourth-order valence-corrected chi connectivity index (χ4v) is 2.13. The zero-order valence-electron chi connectivity index (χ0n) is 10.2. The predicted molar refractivity (Wildman–Crippen MR) is 67.2 cm³/mol. The molecule has 1 aromatic rings. The maximum Gasteiger partial charge on any atom is 0.227 e. The number of ether oxygens (including phenoxy) is 1. The predicted octanol–water partition coefficient (Wildman–Crippen LogP) is 0.878. The highest BCUT2D eigenvalue weighted by atomic mass is 16.5. The molecule has 1 fully saturated rings. The summed E-state index contributed by atoms with van der Waals surface area (Å²) in [6, 6.07) is 7.19. The molecule has 2 rings (SSSR count). The third-order valence-corrected chi connectivity index (χ3v) is 3.15. The molecule has 1 saturated heterocycles. The van der Waals surface area contributed by atoms with Crippen LogP contribution in [0.5, 0.6) is 5.75 Å². The van der Waals surface area contributed by atoms with Crippen molar-refractivity contribution in [2.24, 2.45) is 11.7 Å². The number of amides is 1. The summed E-state index contributed by atoms with van der Waals surface area (Å²) < 4.78 is 5.13. The fourth-order valence-electron chi connectivity index (χ4n) is 2.13. The number of methoxy groups -OCH3 is 1. The maximum atomic E-state index is 11.9. The number of hydrogen-bond acceptors (Lipinski definition) is 4. The Morgan fingerprint density at radius 2 is 2.39 bits per heavy atom. The zero-order chi connectivity index (χ0) is 13.1. The minimum atomic E-state index is 0.00945. The molecule has 0 spiro atoms. The van der Waals surface area contributed by atoms with E-state index in [0.29, 0.717) is 36.5 Å². The van der Waals surface area contributed by atoms with Crippen LogP contribution in [-0.4, -0.2) is 26.1 Å². The molecule has 94 valence electrons. The van der Waals surface area contributed by atoms with Gasteiger partial charge in [0.1, 0.15) is 11.8 Å². The minimum absolute atomic E-state index is 0.00945. The normalized spacial score (nSPS) is 18.8. The van der Waals surface area contributed by atoms with E-state index < -0.39 is 0 Å². The van der Waals surface area contributed by atoms with Gasteiger partial charge < -0.3 is 15.4 Å². The number of rotatable bonds is 3. The van der Waals surface area contributed by atoms with Crippen LogP contribution in [0.15, 0.2) is 18.2 Å². The van der Waals surface area contributed by atoms with Crippen molar-refractivity contribution >= 4 is 11.6 Å². The molecular weight excluding hydrogens is 230 g/mol. The number of carbonyl (C=O) groups excluding carboxylic acids is 1. The molecule has 1 atom stereocenters. The summed E-state index contributed by atoms with van der Waals surface area (Å²) in [5.41, 5.74) is 6.68. The molecule has 1 unspecified atom stereocenters. The Balaban J connectivity index is 2.38. The molecular formula is C13H15N3O2. The Labute approximate surface area is 106 Å². The van der Waals surface area contributed by atoms with Crippen LogP contribution in [0.2, 0.25) is 0 Å². The van der Waals surface area contributed by atoms with E-state index in [2.05, 4.69) is 6.07 Å². The molecule has 1 aliphatic rings. The molecule has 1 amide bonds. The van der Waals surface area contributed by atoms with E-state index in [9.17, 15) is 4.79 Å². The summed E-state index contributed by atoms with van der Waals surface area (Å²) in [5, 5.41) is 9.10. The van der Waals surface area contributed by atoms with Crippen molar-refractivity contribution in [2.45, 2.75) is 6.42 Å². The first-order valence-electron chi connectivity index (χ1n) is 5.78. The topological polar surface area (TPSA) is 79.3 Å². The SMILES string of the molecule is COc1ccc(C#N)c(N2CC(CN)CC2=O)c1. The molecule has 0 aromatic heterocycles. The van der Waals surface area contributed by atoms with E-state index >= 15 is 0 Å². The molecule has 1 heterocycles. The summed E-state index contributed by atoms with van der Waals surface area (Å²) in [7, 11) is 1.56. The Morgan fingerprint density at radius 1 is 1.61 bits per heavy atom. The summed E-state index contributed by atoms with van der Waals surface area (Å²) in [4.78, 5) is 13.6. The minimum Gasteiger partial charge on any atom is -0.497 e. The average Bonchev–Trinajstić information content (AvgIpc) is 2.79. The number of anilines is 1. The number of nitrogens with two attached hydrogens (primary N) is 1. The van der Waals surface area contributed by atoms with Gasteiger partial charge in [0.15, 0.2) is 0 Å². The van der Waals surface area contributed by atoms with Gasteiger partial charge in [-0.2, -0.15) is 5.26 Å². The van der Waals surface area contributed by atoms with Crippen molar-refractivity contribution in [3.05, 3.63) is 23.8 Å². The van der Waals surface area contributed by atoms with Crippen molar-refractivity contribution in [3.8, 4) is 11.8 Å². The molecule has 0 aliphatic carbocycles. The second-order valence-electron chi connectivity index (χ2n) is 4.31. The van der Waals surface area contributed by atoms with Crippen LogP contribution < -0.4 is 15.4 Å². The van der Waals surface area contributed by atoms with Crippen LogP contribution in [-0.2, 0) is 4.79 Å². The van der Waals surface area contributed by atoms with Crippen molar-refractivity contribution in [3.63, 3.8) is 0 Å². The zero-order valence-corrected chi connectivity index (χ0v) is 10.2. The molecule has 1 aromatic carbocycles. The molecule has 0 radical (unpaired) electrons.